The topological polar surface area (TPSA) is 98.7 Å². The lowest BCUT2D eigenvalue weighted by Crippen LogP contribution is -2.52. The number of hydrogen-bond donors (Lipinski definition) is 2. The number of methoxy groups -OCH3 is 1. The Morgan fingerprint density at radius 1 is 0.958 bits per heavy atom. The summed E-state index contributed by atoms with van der Waals surface area (Å²) in [6, 6.07) is 14.6. The van der Waals surface area contributed by atoms with Gasteiger partial charge in [0.2, 0.25) is 5.95 Å². The van der Waals surface area contributed by atoms with E-state index in [0.29, 0.717) is 33.8 Å². The summed E-state index contributed by atoms with van der Waals surface area (Å²) in [5.74, 6) is 1.50. The third kappa shape index (κ3) is 7.78. The number of hydrogen-bond acceptors (Lipinski definition) is 10. The minimum atomic E-state index is -2.68. The van der Waals surface area contributed by atoms with Gasteiger partial charge in [-0.3, -0.25) is 9.88 Å². The van der Waals surface area contributed by atoms with Crippen molar-refractivity contribution in [3.05, 3.63) is 71.6 Å². The van der Waals surface area contributed by atoms with Crippen molar-refractivity contribution >= 4 is 52.9 Å². The molecule has 0 saturated carbocycles. The molecule has 2 aliphatic heterocycles. The minimum Gasteiger partial charge on any atom is -0.494 e. The Labute approximate surface area is 289 Å². The van der Waals surface area contributed by atoms with Gasteiger partial charge in [0, 0.05) is 80.3 Å². The van der Waals surface area contributed by atoms with Crippen molar-refractivity contribution in [3.63, 3.8) is 0 Å². The predicted molar refractivity (Wildman–Crippen MR) is 199 cm³/mol. The van der Waals surface area contributed by atoms with Gasteiger partial charge in [-0.1, -0.05) is 30.7 Å². The Morgan fingerprint density at radius 2 is 1.73 bits per heavy atom. The molecule has 254 valence electrons. The van der Waals surface area contributed by atoms with E-state index in [-0.39, 0.29) is 0 Å². The van der Waals surface area contributed by atoms with Crippen molar-refractivity contribution < 1.29 is 9.30 Å². The van der Waals surface area contributed by atoms with Gasteiger partial charge in [-0.2, -0.15) is 4.98 Å². The van der Waals surface area contributed by atoms with Crippen LogP contribution in [0.15, 0.2) is 61.1 Å². The number of nitrogens with one attached hydrogen (secondary N) is 2. The minimum absolute atomic E-state index is 0.349. The summed E-state index contributed by atoms with van der Waals surface area (Å²) >= 11 is 6.59. The van der Waals surface area contributed by atoms with Crippen molar-refractivity contribution in [2.45, 2.75) is 32.2 Å². The van der Waals surface area contributed by atoms with Gasteiger partial charge in [-0.05, 0) is 75.0 Å². The molecule has 0 spiro atoms. The van der Waals surface area contributed by atoms with Gasteiger partial charge in [0.15, 0.2) is 5.82 Å². The molecule has 0 radical (unpaired) electrons. The number of benzene rings is 2. The third-order valence-corrected chi connectivity index (χ3v) is 11.3. The molecule has 0 bridgehead atoms. The summed E-state index contributed by atoms with van der Waals surface area (Å²) in [5.41, 5.74) is 5.81. The van der Waals surface area contributed by atoms with Crippen molar-refractivity contribution in [1.29, 1.82) is 0 Å². The lowest BCUT2D eigenvalue weighted by Gasteiger charge is -2.43. The highest BCUT2D eigenvalue weighted by Crippen LogP contribution is 2.41. The first-order valence-electron chi connectivity index (χ1n) is 16.7. The highest BCUT2D eigenvalue weighted by Gasteiger charge is 2.28. The fourth-order valence-electron chi connectivity index (χ4n) is 6.68. The molecular weight excluding hydrogens is 643 g/mol. The fourth-order valence-corrected chi connectivity index (χ4v) is 7.97. The van der Waals surface area contributed by atoms with Crippen LogP contribution in [0.2, 0.25) is 5.02 Å². The van der Waals surface area contributed by atoms with Crippen LogP contribution in [0, 0.1) is 0 Å². The van der Waals surface area contributed by atoms with E-state index in [1.807, 2.05) is 30.3 Å². The first-order chi connectivity index (χ1) is 23.1. The highest BCUT2D eigenvalue weighted by atomic mass is 35.5. The van der Waals surface area contributed by atoms with Crippen LogP contribution in [0.5, 0.6) is 5.75 Å². The molecule has 2 aromatic carbocycles. The summed E-state index contributed by atoms with van der Waals surface area (Å²) in [7, 11) is 1.22. The number of aryl methyl sites for hydroxylation is 1. The molecule has 2 aromatic heterocycles. The largest absolute Gasteiger partial charge is 0.494 e. The maximum atomic E-state index is 13.4. The molecule has 4 heterocycles. The van der Waals surface area contributed by atoms with E-state index in [0.717, 1.165) is 68.3 Å². The number of ether oxygens (including phenoxy) is 1. The number of piperidine rings is 1. The van der Waals surface area contributed by atoms with Crippen molar-refractivity contribution in [3.8, 4) is 16.9 Å². The number of piperazine rings is 1. The second-order valence-electron chi connectivity index (χ2n) is 13.1. The Balaban J connectivity index is 1.21. The van der Waals surface area contributed by atoms with Crippen LogP contribution in [0.1, 0.15) is 25.3 Å². The van der Waals surface area contributed by atoms with Gasteiger partial charge < -0.3 is 29.7 Å². The quantitative estimate of drug-likeness (QED) is 0.175. The number of rotatable bonds is 10. The Bertz CT molecular complexity index is 1770. The maximum absolute atomic E-state index is 13.4. The van der Waals surface area contributed by atoms with Crippen molar-refractivity contribution in [2.75, 3.05) is 82.3 Å². The molecular formula is C36H46ClN8O2P. The van der Waals surface area contributed by atoms with Gasteiger partial charge >= 0.3 is 0 Å². The summed E-state index contributed by atoms with van der Waals surface area (Å²) < 4.78 is 19.3. The highest BCUT2D eigenvalue weighted by molar-refractivity contribution is 7.70. The number of pyridine rings is 1. The second kappa shape index (κ2) is 14.8. The standard InChI is InChI=1S/C36H46ClN8O2P/c1-6-25-20-31(33(47-3)22-32(25)45-14-11-28(12-15-45)44-18-16-43(2)17-19-44)41-36-39-24-29(37)35(42-36)40-30-10-9-26(21-34(30)48(4,5)46)27-8-7-13-38-23-27/h7-10,13,20-24,28H,6,11-12,14-19H2,1-5H3,(H2,39,40,41,42). The number of nitrogens with zero attached hydrogens (tertiary/aromatic N) is 6. The summed E-state index contributed by atoms with van der Waals surface area (Å²) in [4.78, 5) is 21.0. The smallest absolute Gasteiger partial charge is 0.229 e. The monoisotopic (exact) mass is 688 g/mol. The van der Waals surface area contributed by atoms with E-state index < -0.39 is 7.14 Å². The molecule has 4 aromatic rings. The molecule has 6 rings (SSSR count). The lowest BCUT2D eigenvalue weighted by molar-refractivity contribution is 0.0982. The van der Waals surface area contributed by atoms with E-state index in [9.17, 15) is 4.57 Å². The predicted octanol–water partition coefficient (Wildman–Crippen LogP) is 6.71. The average Bonchev–Trinajstić information content (AvgIpc) is 3.10. The molecule has 12 heteroatoms. The zero-order chi connectivity index (χ0) is 33.8. The number of halogens is 1. The van der Waals surface area contributed by atoms with E-state index >= 15 is 0 Å². The van der Waals surface area contributed by atoms with Crippen LogP contribution in [-0.4, -0.2) is 97.5 Å². The van der Waals surface area contributed by atoms with E-state index in [4.69, 9.17) is 21.3 Å². The molecule has 48 heavy (non-hydrogen) atoms. The molecule has 0 aliphatic carbocycles. The molecule has 0 unspecified atom stereocenters. The zero-order valence-electron chi connectivity index (χ0n) is 28.5. The van der Waals surface area contributed by atoms with Crippen LogP contribution >= 0.6 is 18.7 Å². The molecule has 2 aliphatic rings. The Morgan fingerprint density at radius 3 is 2.40 bits per heavy atom. The van der Waals surface area contributed by atoms with Crippen molar-refractivity contribution in [2.24, 2.45) is 0 Å². The van der Waals surface area contributed by atoms with Crippen LogP contribution in [0.4, 0.5) is 28.8 Å². The van der Waals surface area contributed by atoms with Gasteiger partial charge in [0.05, 0.1) is 24.7 Å². The lowest BCUT2D eigenvalue weighted by atomic mass is 9.99. The maximum Gasteiger partial charge on any atom is 0.229 e. The van der Waals surface area contributed by atoms with E-state index in [2.05, 4.69) is 61.4 Å². The van der Waals surface area contributed by atoms with Crippen LogP contribution in [-0.2, 0) is 11.0 Å². The number of anilines is 5. The average molecular weight is 689 g/mol. The second-order valence-corrected chi connectivity index (χ2v) is 16.6. The number of likely N-dealkylation sites (N-methyl/N-ethyl adjacent to an activating group) is 1. The van der Waals surface area contributed by atoms with Crippen molar-refractivity contribution in [1.82, 2.24) is 24.8 Å². The SMILES string of the molecule is CCc1cc(Nc2ncc(Cl)c(Nc3ccc(-c4cccnc4)cc3P(C)(C)=O)n2)c(OC)cc1N1CCC(N2CCN(C)CC2)CC1. The molecule has 2 fully saturated rings. The first-order valence-corrected chi connectivity index (χ1v) is 19.7. The normalized spacial score (nSPS) is 16.6. The van der Waals surface area contributed by atoms with Gasteiger partial charge in [0.25, 0.3) is 0 Å². The fraction of sp³-hybridized carbons (Fsp3) is 0.417. The third-order valence-electron chi connectivity index (χ3n) is 9.46. The Kier molecular flexibility index (Phi) is 10.6. The van der Waals surface area contributed by atoms with E-state index in [1.165, 1.54) is 24.1 Å². The van der Waals surface area contributed by atoms with Crippen LogP contribution in [0.3, 0.4) is 0 Å². The number of aromatic nitrogens is 3. The molecule has 2 saturated heterocycles. The summed E-state index contributed by atoms with van der Waals surface area (Å²) in [6.45, 7) is 12.4. The van der Waals surface area contributed by atoms with Gasteiger partial charge in [-0.15, -0.1) is 0 Å². The van der Waals surface area contributed by atoms with Crippen LogP contribution in [0.25, 0.3) is 11.1 Å². The molecule has 0 atom stereocenters. The van der Waals surface area contributed by atoms with Crippen LogP contribution < -0.4 is 25.6 Å². The first kappa shape index (κ1) is 34.2. The summed E-state index contributed by atoms with van der Waals surface area (Å²) in [6.07, 6.45) is 8.31. The molecule has 0 amide bonds. The van der Waals surface area contributed by atoms with E-state index in [1.54, 1.807) is 39.0 Å². The molecule has 10 nitrogen and oxygen atoms in total. The molecule has 2 N–H and O–H groups in total. The summed E-state index contributed by atoms with van der Waals surface area (Å²) in [5, 5.41) is 7.75. The van der Waals surface area contributed by atoms with Gasteiger partial charge in [-0.25, -0.2) is 4.98 Å². The zero-order valence-corrected chi connectivity index (χ0v) is 30.2. The Hall–Kier alpha value is -3.69. The van der Waals surface area contributed by atoms with Gasteiger partial charge in [0.1, 0.15) is 17.9 Å².